The van der Waals surface area contributed by atoms with Crippen LogP contribution in [0.3, 0.4) is 0 Å². The van der Waals surface area contributed by atoms with Gasteiger partial charge in [-0.05, 0) is 43.0 Å². The number of alkyl halides is 3. The minimum atomic E-state index is -4.51. The summed E-state index contributed by atoms with van der Waals surface area (Å²) in [6.07, 6.45) is -0.370. The van der Waals surface area contributed by atoms with Gasteiger partial charge in [-0.15, -0.1) is 0 Å². The van der Waals surface area contributed by atoms with Gasteiger partial charge in [0.25, 0.3) is 0 Å². The van der Waals surface area contributed by atoms with Crippen molar-refractivity contribution in [2.24, 2.45) is 0 Å². The van der Waals surface area contributed by atoms with Crippen LogP contribution in [0.15, 0.2) is 24.4 Å². The highest BCUT2D eigenvalue weighted by Crippen LogP contribution is 2.36. The predicted octanol–water partition coefficient (Wildman–Crippen LogP) is 3.25. The summed E-state index contributed by atoms with van der Waals surface area (Å²) < 4.78 is 40.8. The van der Waals surface area contributed by atoms with Crippen LogP contribution >= 0.6 is 0 Å². The molecule has 0 saturated carbocycles. The van der Waals surface area contributed by atoms with Gasteiger partial charge in [-0.1, -0.05) is 0 Å². The van der Waals surface area contributed by atoms with Crippen LogP contribution in [0.2, 0.25) is 0 Å². The highest BCUT2D eigenvalue weighted by molar-refractivity contribution is 5.49. The number of aromatic nitrogens is 2. The second-order valence-electron chi connectivity index (χ2n) is 4.72. The van der Waals surface area contributed by atoms with Crippen molar-refractivity contribution in [2.45, 2.75) is 25.4 Å². The first-order valence-corrected chi connectivity index (χ1v) is 6.18. The summed E-state index contributed by atoms with van der Waals surface area (Å²) in [4.78, 5) is 0. The summed E-state index contributed by atoms with van der Waals surface area (Å²) in [5, 5.41) is 12.8. The molecule has 0 saturated heterocycles. The third-order valence-electron chi connectivity index (χ3n) is 3.47. The molecule has 1 aromatic heterocycles. The van der Waals surface area contributed by atoms with Crippen molar-refractivity contribution in [3.05, 3.63) is 46.8 Å². The van der Waals surface area contributed by atoms with Crippen molar-refractivity contribution < 1.29 is 13.2 Å². The number of aryl methyl sites for hydroxylation is 1. The fourth-order valence-electron chi connectivity index (χ4n) is 2.55. The SMILES string of the molecule is N#Cc1ccc(-n2ncc3c2CCC3)c(C(F)(F)F)c1. The van der Waals surface area contributed by atoms with Gasteiger partial charge in [0, 0.05) is 5.69 Å². The van der Waals surface area contributed by atoms with E-state index in [1.54, 1.807) is 12.3 Å². The molecular weight excluding hydrogens is 267 g/mol. The quantitative estimate of drug-likeness (QED) is 0.803. The number of fused-ring (bicyclic) bond motifs is 1. The molecule has 20 heavy (non-hydrogen) atoms. The smallest absolute Gasteiger partial charge is 0.237 e. The van der Waals surface area contributed by atoms with Gasteiger partial charge in [0.05, 0.1) is 29.1 Å². The Kier molecular flexibility index (Phi) is 2.78. The van der Waals surface area contributed by atoms with Crippen molar-refractivity contribution in [3.63, 3.8) is 0 Å². The molecule has 0 spiro atoms. The molecule has 6 heteroatoms. The molecule has 0 aliphatic heterocycles. The largest absolute Gasteiger partial charge is 0.418 e. The fraction of sp³-hybridized carbons (Fsp3) is 0.286. The van der Waals surface area contributed by atoms with Crippen molar-refractivity contribution in [3.8, 4) is 11.8 Å². The summed E-state index contributed by atoms with van der Waals surface area (Å²) in [5.74, 6) is 0. The lowest BCUT2D eigenvalue weighted by Crippen LogP contribution is -2.13. The van der Waals surface area contributed by atoms with Crippen LogP contribution < -0.4 is 0 Å². The van der Waals surface area contributed by atoms with E-state index < -0.39 is 11.7 Å². The lowest BCUT2D eigenvalue weighted by Gasteiger charge is -2.14. The molecule has 0 amide bonds. The van der Waals surface area contributed by atoms with Crippen LogP contribution in [-0.4, -0.2) is 9.78 Å². The van der Waals surface area contributed by atoms with Crippen LogP contribution in [0.4, 0.5) is 13.2 Å². The van der Waals surface area contributed by atoms with Crippen molar-refractivity contribution in [1.82, 2.24) is 9.78 Å². The number of rotatable bonds is 1. The van der Waals surface area contributed by atoms with Crippen LogP contribution in [-0.2, 0) is 19.0 Å². The number of benzene rings is 1. The molecule has 0 bridgehead atoms. The Balaban J connectivity index is 2.21. The monoisotopic (exact) mass is 277 g/mol. The Morgan fingerprint density at radius 1 is 1.25 bits per heavy atom. The van der Waals surface area contributed by atoms with E-state index in [1.165, 1.54) is 16.8 Å². The molecule has 2 aromatic rings. The van der Waals surface area contributed by atoms with E-state index >= 15 is 0 Å². The molecule has 102 valence electrons. The maximum Gasteiger partial charge on any atom is 0.418 e. The Morgan fingerprint density at radius 2 is 2.05 bits per heavy atom. The molecule has 1 aliphatic carbocycles. The van der Waals surface area contributed by atoms with Crippen LogP contribution in [0.25, 0.3) is 5.69 Å². The second kappa shape index (κ2) is 4.37. The third-order valence-corrected chi connectivity index (χ3v) is 3.47. The molecule has 3 nitrogen and oxygen atoms in total. The Hall–Kier alpha value is -2.29. The van der Waals surface area contributed by atoms with Gasteiger partial charge in [0.2, 0.25) is 0 Å². The minimum Gasteiger partial charge on any atom is -0.237 e. The Bertz CT molecular complexity index is 707. The maximum atomic E-state index is 13.2. The predicted molar refractivity (Wildman–Crippen MR) is 65.3 cm³/mol. The number of nitrogens with zero attached hydrogens (tertiary/aromatic N) is 3. The summed E-state index contributed by atoms with van der Waals surface area (Å²) in [6.45, 7) is 0. The van der Waals surface area contributed by atoms with Crippen molar-refractivity contribution in [2.75, 3.05) is 0 Å². The van der Waals surface area contributed by atoms with E-state index in [9.17, 15) is 13.2 Å². The summed E-state index contributed by atoms with van der Waals surface area (Å²) >= 11 is 0. The lowest BCUT2D eigenvalue weighted by molar-refractivity contribution is -0.137. The molecule has 0 radical (unpaired) electrons. The molecule has 0 unspecified atom stereocenters. The second-order valence-corrected chi connectivity index (χ2v) is 4.72. The molecular formula is C14H10F3N3. The first-order chi connectivity index (χ1) is 9.50. The lowest BCUT2D eigenvalue weighted by atomic mass is 10.1. The van der Waals surface area contributed by atoms with Crippen LogP contribution in [0.1, 0.15) is 28.8 Å². The molecule has 1 aromatic carbocycles. The Labute approximate surface area is 113 Å². The zero-order chi connectivity index (χ0) is 14.3. The van der Waals surface area contributed by atoms with E-state index in [2.05, 4.69) is 5.10 Å². The first kappa shape index (κ1) is 12.7. The fourth-order valence-corrected chi connectivity index (χ4v) is 2.55. The van der Waals surface area contributed by atoms with Gasteiger partial charge in [0.15, 0.2) is 0 Å². The van der Waals surface area contributed by atoms with Gasteiger partial charge in [-0.3, -0.25) is 0 Å². The topological polar surface area (TPSA) is 41.6 Å². The highest BCUT2D eigenvalue weighted by Gasteiger charge is 2.35. The van der Waals surface area contributed by atoms with Gasteiger partial charge < -0.3 is 0 Å². The third kappa shape index (κ3) is 1.95. The maximum absolute atomic E-state index is 13.2. The van der Waals surface area contributed by atoms with Gasteiger partial charge in [0.1, 0.15) is 0 Å². The molecule has 0 N–H and O–H groups in total. The van der Waals surface area contributed by atoms with E-state index in [1.807, 2.05) is 0 Å². The number of halogens is 3. The zero-order valence-electron chi connectivity index (χ0n) is 10.4. The average molecular weight is 277 g/mol. The minimum absolute atomic E-state index is 0.00937. The molecule has 0 atom stereocenters. The number of nitriles is 1. The molecule has 3 rings (SSSR count). The van der Waals surface area contributed by atoms with E-state index in [4.69, 9.17) is 5.26 Å². The standard InChI is InChI=1S/C14H10F3N3/c15-14(16,17)11-6-9(7-18)4-5-13(11)20-12-3-1-2-10(12)8-19-20/h4-6,8H,1-3H2. The van der Waals surface area contributed by atoms with Gasteiger partial charge >= 0.3 is 6.18 Å². The van der Waals surface area contributed by atoms with E-state index in [0.29, 0.717) is 0 Å². The van der Waals surface area contributed by atoms with Crippen molar-refractivity contribution in [1.29, 1.82) is 5.26 Å². The summed E-state index contributed by atoms with van der Waals surface area (Å²) in [7, 11) is 0. The number of hydrogen-bond acceptors (Lipinski definition) is 2. The number of hydrogen-bond donors (Lipinski definition) is 0. The Morgan fingerprint density at radius 3 is 2.75 bits per heavy atom. The highest BCUT2D eigenvalue weighted by atomic mass is 19.4. The van der Waals surface area contributed by atoms with E-state index in [0.717, 1.165) is 36.6 Å². The van der Waals surface area contributed by atoms with Crippen LogP contribution in [0, 0.1) is 11.3 Å². The summed E-state index contributed by atoms with van der Waals surface area (Å²) in [6, 6.07) is 5.30. The normalized spacial score (nSPS) is 14.1. The van der Waals surface area contributed by atoms with E-state index in [-0.39, 0.29) is 11.3 Å². The molecule has 1 heterocycles. The van der Waals surface area contributed by atoms with Crippen LogP contribution in [0.5, 0.6) is 0 Å². The van der Waals surface area contributed by atoms with Crippen molar-refractivity contribution >= 4 is 0 Å². The zero-order valence-corrected chi connectivity index (χ0v) is 10.4. The average Bonchev–Trinajstić information content (AvgIpc) is 2.99. The molecule has 1 aliphatic rings. The molecule has 0 fully saturated rings. The summed E-state index contributed by atoms with van der Waals surface area (Å²) in [5.41, 5.74) is 0.988. The van der Waals surface area contributed by atoms with Gasteiger partial charge in [-0.2, -0.15) is 23.5 Å². The first-order valence-electron chi connectivity index (χ1n) is 6.18. The van der Waals surface area contributed by atoms with Gasteiger partial charge in [-0.25, -0.2) is 4.68 Å².